The van der Waals surface area contributed by atoms with E-state index in [-0.39, 0.29) is 36.1 Å². The number of fused-ring (bicyclic) bond motifs is 1. The average molecular weight is 354 g/mol. The number of aliphatic hydroxyl groups is 1. The van der Waals surface area contributed by atoms with Gasteiger partial charge in [-0.3, -0.25) is 4.79 Å². The van der Waals surface area contributed by atoms with Crippen molar-refractivity contribution in [3.05, 3.63) is 41.9 Å². The molecule has 2 aromatic rings. The van der Waals surface area contributed by atoms with Crippen molar-refractivity contribution in [3.63, 3.8) is 0 Å². The van der Waals surface area contributed by atoms with Crippen molar-refractivity contribution in [2.45, 2.75) is 31.5 Å². The number of aromatic nitrogens is 3. The third-order valence-corrected chi connectivity index (χ3v) is 6.39. The van der Waals surface area contributed by atoms with Gasteiger partial charge in [0.1, 0.15) is 0 Å². The number of hydrogen-bond acceptors (Lipinski definition) is 5. The van der Waals surface area contributed by atoms with Gasteiger partial charge in [0.15, 0.2) is 5.82 Å². The first-order valence-electron chi connectivity index (χ1n) is 9.17. The topological polar surface area (TPSA) is 80.5 Å². The molecule has 2 aromatic heterocycles. The summed E-state index contributed by atoms with van der Waals surface area (Å²) in [6.07, 6.45) is 5.47. The Bertz CT molecular complexity index is 852. The molecule has 7 nitrogen and oxygen atoms in total. The van der Waals surface area contributed by atoms with Crippen LogP contribution in [-0.4, -0.2) is 62.1 Å². The standard InChI is InChI=1S/C19H22N4O3/c1-12-13(8-21-23(12)17-4-2-3-7-20-17)18(25)22-9-15-14(10-24)16-5-6-19(15,11-22)26-16/h2-4,7-8,14-16,24H,5-6,9-11H2,1H3/t14-,15+,16+,19+/m1/s1. The van der Waals surface area contributed by atoms with E-state index >= 15 is 0 Å². The zero-order valence-electron chi connectivity index (χ0n) is 14.7. The first-order chi connectivity index (χ1) is 12.6. The highest BCUT2D eigenvalue weighted by atomic mass is 16.5. The second kappa shape index (κ2) is 5.62. The van der Waals surface area contributed by atoms with E-state index in [4.69, 9.17) is 4.74 Å². The van der Waals surface area contributed by atoms with E-state index in [1.54, 1.807) is 17.1 Å². The lowest BCUT2D eigenvalue weighted by atomic mass is 9.74. The van der Waals surface area contributed by atoms with Gasteiger partial charge < -0.3 is 14.7 Å². The Hall–Kier alpha value is -2.25. The molecule has 0 radical (unpaired) electrons. The molecule has 3 aliphatic heterocycles. The molecule has 0 saturated carbocycles. The fraction of sp³-hybridized carbons (Fsp3) is 0.526. The summed E-state index contributed by atoms with van der Waals surface area (Å²) in [7, 11) is 0. The van der Waals surface area contributed by atoms with E-state index in [0.717, 1.165) is 18.5 Å². The van der Waals surface area contributed by atoms with E-state index in [9.17, 15) is 9.90 Å². The van der Waals surface area contributed by atoms with Crippen LogP contribution in [0.4, 0.5) is 0 Å². The molecular weight excluding hydrogens is 332 g/mol. The average Bonchev–Trinajstić information content (AvgIpc) is 3.40. The number of carbonyl (C=O) groups excluding carboxylic acids is 1. The van der Waals surface area contributed by atoms with Crippen LogP contribution in [0, 0.1) is 18.8 Å². The van der Waals surface area contributed by atoms with Gasteiger partial charge in [0.2, 0.25) is 0 Å². The van der Waals surface area contributed by atoms with Gasteiger partial charge in [-0.05, 0) is 31.9 Å². The number of pyridine rings is 1. The number of carbonyl (C=O) groups is 1. The van der Waals surface area contributed by atoms with Crippen molar-refractivity contribution in [1.29, 1.82) is 0 Å². The Morgan fingerprint density at radius 1 is 1.46 bits per heavy atom. The molecular formula is C19H22N4O3. The highest BCUT2D eigenvalue weighted by molar-refractivity contribution is 5.95. The molecule has 0 aliphatic carbocycles. The van der Waals surface area contributed by atoms with Gasteiger partial charge in [0.25, 0.3) is 5.91 Å². The summed E-state index contributed by atoms with van der Waals surface area (Å²) in [5.41, 5.74) is 1.13. The molecule has 1 N–H and O–H groups in total. The van der Waals surface area contributed by atoms with Crippen molar-refractivity contribution in [2.24, 2.45) is 11.8 Å². The lowest BCUT2D eigenvalue weighted by molar-refractivity contribution is 0.00153. The number of hydrogen-bond donors (Lipinski definition) is 1. The lowest BCUT2D eigenvalue weighted by Gasteiger charge is -2.27. The molecule has 1 amide bonds. The van der Waals surface area contributed by atoms with Crippen LogP contribution in [0.3, 0.4) is 0 Å². The molecule has 1 spiro atoms. The van der Waals surface area contributed by atoms with E-state index in [1.165, 1.54) is 0 Å². The Morgan fingerprint density at radius 2 is 2.35 bits per heavy atom. The predicted octanol–water partition coefficient (Wildman–Crippen LogP) is 1.19. The largest absolute Gasteiger partial charge is 0.396 e. The molecule has 3 fully saturated rings. The molecule has 5 heterocycles. The maximum absolute atomic E-state index is 13.1. The summed E-state index contributed by atoms with van der Waals surface area (Å²) < 4.78 is 7.92. The van der Waals surface area contributed by atoms with E-state index in [1.807, 2.05) is 30.0 Å². The summed E-state index contributed by atoms with van der Waals surface area (Å²) in [4.78, 5) is 19.3. The van der Waals surface area contributed by atoms with Crippen molar-refractivity contribution in [1.82, 2.24) is 19.7 Å². The molecule has 3 saturated heterocycles. The van der Waals surface area contributed by atoms with Crippen LogP contribution in [0.25, 0.3) is 5.82 Å². The third kappa shape index (κ3) is 2.10. The van der Waals surface area contributed by atoms with Crippen molar-refractivity contribution >= 4 is 5.91 Å². The minimum Gasteiger partial charge on any atom is -0.396 e. The smallest absolute Gasteiger partial charge is 0.257 e. The van der Waals surface area contributed by atoms with Crippen molar-refractivity contribution in [3.8, 4) is 5.82 Å². The summed E-state index contributed by atoms with van der Waals surface area (Å²) in [6, 6.07) is 5.61. The highest BCUT2D eigenvalue weighted by Crippen LogP contribution is 2.54. The molecule has 7 heteroatoms. The summed E-state index contributed by atoms with van der Waals surface area (Å²) in [6.45, 7) is 3.28. The van der Waals surface area contributed by atoms with Crippen LogP contribution < -0.4 is 0 Å². The van der Waals surface area contributed by atoms with Crippen molar-refractivity contribution in [2.75, 3.05) is 19.7 Å². The number of aliphatic hydroxyl groups excluding tert-OH is 1. The molecule has 0 unspecified atom stereocenters. The fourth-order valence-electron chi connectivity index (χ4n) is 5.09. The van der Waals surface area contributed by atoms with Crippen LogP contribution >= 0.6 is 0 Å². The quantitative estimate of drug-likeness (QED) is 0.895. The Balaban J connectivity index is 1.41. The lowest BCUT2D eigenvalue weighted by Crippen LogP contribution is -2.38. The highest BCUT2D eigenvalue weighted by Gasteiger charge is 2.63. The molecule has 2 bridgehead atoms. The van der Waals surface area contributed by atoms with Crippen LogP contribution in [0.2, 0.25) is 0 Å². The summed E-state index contributed by atoms with van der Waals surface area (Å²) in [5, 5.41) is 14.1. The van der Waals surface area contributed by atoms with E-state index < -0.39 is 0 Å². The van der Waals surface area contributed by atoms with Gasteiger partial charge >= 0.3 is 0 Å². The maximum Gasteiger partial charge on any atom is 0.257 e. The molecule has 4 atom stereocenters. The normalized spacial score (nSPS) is 32.2. The Labute approximate surface area is 151 Å². The minimum absolute atomic E-state index is 0.0165. The maximum atomic E-state index is 13.1. The molecule has 5 rings (SSSR count). The Kier molecular flexibility index (Phi) is 3.45. The van der Waals surface area contributed by atoms with Gasteiger partial charge in [-0.2, -0.15) is 5.10 Å². The summed E-state index contributed by atoms with van der Waals surface area (Å²) in [5.74, 6) is 1.07. The molecule has 26 heavy (non-hydrogen) atoms. The number of ether oxygens (including phenoxy) is 1. The monoisotopic (exact) mass is 354 g/mol. The molecule has 136 valence electrons. The predicted molar refractivity (Wildman–Crippen MR) is 92.9 cm³/mol. The molecule has 0 aromatic carbocycles. The van der Waals surface area contributed by atoms with Crippen LogP contribution in [-0.2, 0) is 4.74 Å². The second-order valence-corrected chi connectivity index (χ2v) is 7.64. The van der Waals surface area contributed by atoms with Crippen LogP contribution in [0.1, 0.15) is 28.9 Å². The number of likely N-dealkylation sites (tertiary alicyclic amines) is 1. The van der Waals surface area contributed by atoms with Gasteiger partial charge in [-0.15, -0.1) is 0 Å². The van der Waals surface area contributed by atoms with Gasteiger partial charge in [0.05, 0.1) is 35.7 Å². The van der Waals surface area contributed by atoms with Crippen LogP contribution in [0.5, 0.6) is 0 Å². The Morgan fingerprint density at radius 3 is 3.12 bits per heavy atom. The van der Waals surface area contributed by atoms with Gasteiger partial charge in [-0.25, -0.2) is 9.67 Å². The number of nitrogens with zero attached hydrogens (tertiary/aromatic N) is 4. The number of rotatable bonds is 3. The number of amides is 1. The van der Waals surface area contributed by atoms with Gasteiger partial charge in [0, 0.05) is 31.2 Å². The van der Waals surface area contributed by atoms with Gasteiger partial charge in [-0.1, -0.05) is 6.07 Å². The third-order valence-electron chi connectivity index (χ3n) is 6.39. The minimum atomic E-state index is -0.251. The SMILES string of the molecule is Cc1c(C(=O)N2C[C@H]3[C@@H](CO)[C@@H]4CC[C@@]3(C2)O4)cnn1-c1ccccn1. The first kappa shape index (κ1) is 16.0. The zero-order chi connectivity index (χ0) is 17.9. The van der Waals surface area contributed by atoms with Crippen molar-refractivity contribution < 1.29 is 14.6 Å². The zero-order valence-corrected chi connectivity index (χ0v) is 14.7. The second-order valence-electron chi connectivity index (χ2n) is 7.64. The summed E-state index contributed by atoms with van der Waals surface area (Å²) >= 11 is 0. The molecule has 3 aliphatic rings. The first-order valence-corrected chi connectivity index (χ1v) is 9.17. The fourth-order valence-corrected chi connectivity index (χ4v) is 5.09. The van der Waals surface area contributed by atoms with E-state index in [0.29, 0.717) is 24.5 Å². The van der Waals surface area contributed by atoms with Crippen LogP contribution in [0.15, 0.2) is 30.6 Å². The van der Waals surface area contributed by atoms with E-state index in [2.05, 4.69) is 10.1 Å².